The second-order valence-electron chi connectivity index (χ2n) is 5.58. The number of hydrogen-bond donors (Lipinski definition) is 1. The van der Waals surface area contributed by atoms with Gasteiger partial charge in [-0.05, 0) is 47.3 Å². The lowest BCUT2D eigenvalue weighted by atomic mass is 10.2. The van der Waals surface area contributed by atoms with E-state index in [-0.39, 0.29) is 11.7 Å². The lowest BCUT2D eigenvalue weighted by Crippen LogP contribution is -2.22. The Balaban J connectivity index is 1.50. The minimum atomic E-state index is -0.317. The third-order valence-electron chi connectivity index (χ3n) is 3.81. The molecule has 1 N–H and O–H groups in total. The van der Waals surface area contributed by atoms with Crippen molar-refractivity contribution in [1.82, 2.24) is 5.32 Å². The summed E-state index contributed by atoms with van der Waals surface area (Å²) in [5.41, 5.74) is 0.815. The van der Waals surface area contributed by atoms with Gasteiger partial charge >= 0.3 is 0 Å². The molecule has 3 aromatic rings. The Morgan fingerprint density at radius 2 is 2.04 bits per heavy atom. The molecule has 0 unspecified atom stereocenters. The number of carbonyl (C=O) groups is 1. The fourth-order valence-corrected chi connectivity index (χ4v) is 3.91. The maximum atomic E-state index is 13.3. The van der Waals surface area contributed by atoms with Crippen molar-refractivity contribution in [1.29, 1.82) is 0 Å². The molecule has 0 bridgehead atoms. The lowest BCUT2D eigenvalue weighted by Gasteiger charge is -2.20. The molecule has 0 radical (unpaired) electrons. The number of thiophene rings is 1. The van der Waals surface area contributed by atoms with Crippen molar-refractivity contribution in [3.05, 3.63) is 57.7 Å². The minimum absolute atomic E-state index is 0.215. The lowest BCUT2D eigenvalue weighted by molar-refractivity contribution is 0.0955. The summed E-state index contributed by atoms with van der Waals surface area (Å²) >= 11 is 7.52. The zero-order valence-electron chi connectivity index (χ0n) is 13.0. The predicted octanol–water partition coefficient (Wildman–Crippen LogP) is 4.40. The molecule has 128 valence electrons. The molecule has 25 heavy (non-hydrogen) atoms. The van der Waals surface area contributed by atoms with Crippen LogP contribution in [0.2, 0.25) is 5.02 Å². The first-order chi connectivity index (χ1) is 12.1. The van der Waals surface area contributed by atoms with E-state index >= 15 is 0 Å². The van der Waals surface area contributed by atoms with Gasteiger partial charge in [0.05, 0.1) is 9.90 Å². The van der Waals surface area contributed by atoms with E-state index in [1.165, 1.54) is 23.5 Å². The predicted molar refractivity (Wildman–Crippen MR) is 95.4 cm³/mol. The highest BCUT2D eigenvalue weighted by atomic mass is 35.5. The summed E-state index contributed by atoms with van der Waals surface area (Å²) in [5, 5.41) is 4.02. The highest BCUT2D eigenvalue weighted by Crippen LogP contribution is 2.38. The van der Waals surface area contributed by atoms with Crippen LogP contribution in [0.15, 0.2) is 36.4 Å². The molecule has 4 rings (SSSR count). The van der Waals surface area contributed by atoms with Crippen LogP contribution in [0.1, 0.15) is 15.2 Å². The van der Waals surface area contributed by atoms with Crippen LogP contribution in [0.5, 0.6) is 11.5 Å². The molecule has 2 heterocycles. The number of fused-ring (bicyclic) bond motifs is 2. The molecule has 0 saturated heterocycles. The number of benzene rings is 2. The second kappa shape index (κ2) is 6.54. The first-order valence-corrected chi connectivity index (χ1v) is 8.85. The molecule has 0 spiro atoms. The number of amides is 1. The van der Waals surface area contributed by atoms with Crippen LogP contribution in [0.25, 0.3) is 10.1 Å². The van der Waals surface area contributed by atoms with E-state index < -0.39 is 0 Å². The molecule has 1 aliphatic heterocycles. The summed E-state index contributed by atoms with van der Waals surface area (Å²) in [4.78, 5) is 12.9. The van der Waals surface area contributed by atoms with Crippen molar-refractivity contribution in [2.75, 3.05) is 13.2 Å². The van der Waals surface area contributed by atoms with Gasteiger partial charge in [0.2, 0.25) is 0 Å². The summed E-state index contributed by atoms with van der Waals surface area (Å²) < 4.78 is 25.1. The molecule has 0 fully saturated rings. The van der Waals surface area contributed by atoms with Crippen molar-refractivity contribution < 1.29 is 18.7 Å². The summed E-state index contributed by atoms with van der Waals surface area (Å²) in [6, 6.07) is 9.72. The smallest absolute Gasteiger partial charge is 0.261 e. The van der Waals surface area contributed by atoms with Gasteiger partial charge in [-0.2, -0.15) is 0 Å². The molecule has 1 aromatic heterocycles. The average Bonchev–Trinajstić information content (AvgIpc) is 3.03. The molecule has 2 aromatic carbocycles. The van der Waals surface area contributed by atoms with Gasteiger partial charge in [-0.3, -0.25) is 4.79 Å². The van der Waals surface area contributed by atoms with Gasteiger partial charge in [0, 0.05) is 11.2 Å². The Morgan fingerprint density at radius 1 is 1.20 bits per heavy atom. The van der Waals surface area contributed by atoms with E-state index in [0.717, 1.165) is 15.6 Å². The van der Waals surface area contributed by atoms with E-state index in [9.17, 15) is 9.18 Å². The molecule has 7 heteroatoms. The third kappa shape index (κ3) is 3.27. The summed E-state index contributed by atoms with van der Waals surface area (Å²) in [6.45, 7) is 1.24. The van der Waals surface area contributed by atoms with E-state index in [0.29, 0.717) is 41.2 Å². The standard InChI is InChI=1S/C18H13ClFNO3S/c19-13-5-10(6-14-17(13)24-4-3-23-14)9-21-18(22)16-8-11-7-12(20)1-2-15(11)25-16/h1-2,5-8H,3-4,9H2,(H,21,22). The highest BCUT2D eigenvalue weighted by molar-refractivity contribution is 7.20. The summed E-state index contributed by atoms with van der Waals surface area (Å²) in [5.74, 6) is 0.589. The second-order valence-corrected chi connectivity index (χ2v) is 7.07. The van der Waals surface area contributed by atoms with Gasteiger partial charge in [-0.25, -0.2) is 4.39 Å². The van der Waals surface area contributed by atoms with Gasteiger partial charge in [0.25, 0.3) is 5.91 Å². The zero-order valence-corrected chi connectivity index (χ0v) is 14.5. The normalized spacial score (nSPS) is 13.0. The van der Waals surface area contributed by atoms with Gasteiger partial charge < -0.3 is 14.8 Å². The van der Waals surface area contributed by atoms with Crippen molar-refractivity contribution >= 4 is 38.9 Å². The molecule has 0 saturated carbocycles. The Bertz CT molecular complexity index is 972. The molecule has 0 atom stereocenters. The fourth-order valence-electron chi connectivity index (χ4n) is 2.66. The molecule has 0 aliphatic carbocycles. The van der Waals surface area contributed by atoms with Crippen molar-refractivity contribution in [3.8, 4) is 11.5 Å². The van der Waals surface area contributed by atoms with E-state index in [1.54, 1.807) is 24.3 Å². The van der Waals surface area contributed by atoms with Crippen LogP contribution in [0, 0.1) is 5.82 Å². The zero-order chi connectivity index (χ0) is 17.4. The third-order valence-corrected chi connectivity index (χ3v) is 5.21. The van der Waals surface area contributed by atoms with Crippen LogP contribution in [0.3, 0.4) is 0 Å². The molecular formula is C18H13ClFNO3S. The van der Waals surface area contributed by atoms with Gasteiger partial charge in [0.15, 0.2) is 11.5 Å². The van der Waals surface area contributed by atoms with Gasteiger partial charge in [0.1, 0.15) is 19.0 Å². The Hall–Kier alpha value is -2.31. The Kier molecular flexibility index (Phi) is 4.23. The first-order valence-electron chi connectivity index (χ1n) is 7.65. The van der Waals surface area contributed by atoms with E-state index in [1.807, 2.05) is 0 Å². The fraction of sp³-hybridized carbons (Fsp3) is 0.167. The largest absolute Gasteiger partial charge is 0.486 e. The van der Waals surface area contributed by atoms with Crippen molar-refractivity contribution in [3.63, 3.8) is 0 Å². The van der Waals surface area contributed by atoms with Crippen molar-refractivity contribution in [2.24, 2.45) is 0 Å². The topological polar surface area (TPSA) is 47.6 Å². The highest BCUT2D eigenvalue weighted by Gasteiger charge is 2.17. The molecule has 1 aliphatic rings. The van der Waals surface area contributed by atoms with Crippen LogP contribution >= 0.6 is 22.9 Å². The number of rotatable bonds is 3. The van der Waals surface area contributed by atoms with Gasteiger partial charge in [-0.1, -0.05) is 11.6 Å². The molecular weight excluding hydrogens is 365 g/mol. The number of nitrogens with one attached hydrogen (secondary N) is 1. The maximum Gasteiger partial charge on any atom is 0.261 e. The number of halogens is 2. The van der Waals surface area contributed by atoms with Crippen LogP contribution in [-0.4, -0.2) is 19.1 Å². The summed E-state index contributed by atoms with van der Waals surface area (Å²) in [7, 11) is 0. The van der Waals surface area contributed by atoms with Gasteiger partial charge in [-0.15, -0.1) is 11.3 Å². The number of ether oxygens (including phenoxy) is 2. The molecule has 4 nitrogen and oxygen atoms in total. The van der Waals surface area contributed by atoms with E-state index in [2.05, 4.69) is 5.32 Å². The Labute approximate surface area is 152 Å². The van der Waals surface area contributed by atoms with Crippen LogP contribution in [0.4, 0.5) is 4.39 Å². The SMILES string of the molecule is O=C(NCc1cc(Cl)c2c(c1)OCCO2)c1cc2cc(F)ccc2s1. The summed E-state index contributed by atoms with van der Waals surface area (Å²) in [6.07, 6.45) is 0. The Morgan fingerprint density at radius 3 is 2.92 bits per heavy atom. The number of carbonyl (C=O) groups excluding carboxylic acids is 1. The van der Waals surface area contributed by atoms with Crippen LogP contribution < -0.4 is 14.8 Å². The van der Waals surface area contributed by atoms with Crippen molar-refractivity contribution in [2.45, 2.75) is 6.54 Å². The number of hydrogen-bond acceptors (Lipinski definition) is 4. The first kappa shape index (κ1) is 16.2. The maximum absolute atomic E-state index is 13.3. The average molecular weight is 378 g/mol. The quantitative estimate of drug-likeness (QED) is 0.736. The monoisotopic (exact) mass is 377 g/mol. The minimum Gasteiger partial charge on any atom is -0.486 e. The molecule has 1 amide bonds. The van der Waals surface area contributed by atoms with E-state index in [4.69, 9.17) is 21.1 Å². The van der Waals surface area contributed by atoms with Crippen LogP contribution in [-0.2, 0) is 6.54 Å².